The Bertz CT molecular complexity index is 749. The monoisotopic (exact) mass is 274 g/mol. The molecule has 3 aromatic rings. The van der Waals surface area contributed by atoms with Gasteiger partial charge >= 0.3 is 0 Å². The van der Waals surface area contributed by atoms with E-state index in [2.05, 4.69) is 0 Å². The Morgan fingerprint density at radius 3 is 2.84 bits per heavy atom. The molecule has 1 heterocycles. The molecule has 3 rings (SSSR count). The molecule has 19 heavy (non-hydrogen) atoms. The van der Waals surface area contributed by atoms with Gasteiger partial charge in [-0.05, 0) is 30.3 Å². The van der Waals surface area contributed by atoms with Crippen molar-refractivity contribution in [1.82, 2.24) is 4.57 Å². The molecule has 0 bridgehead atoms. The minimum atomic E-state index is -0.360. The molecule has 0 saturated carbocycles. The van der Waals surface area contributed by atoms with Gasteiger partial charge in [0.15, 0.2) is 0 Å². The van der Waals surface area contributed by atoms with E-state index in [1.165, 1.54) is 0 Å². The maximum absolute atomic E-state index is 13.9. The summed E-state index contributed by atoms with van der Waals surface area (Å²) < 4.78 is 15.9. The van der Waals surface area contributed by atoms with Crippen LogP contribution in [-0.2, 0) is 6.54 Å². The van der Waals surface area contributed by atoms with E-state index in [9.17, 15) is 4.39 Å². The fourth-order valence-electron chi connectivity index (χ4n) is 2.21. The number of rotatable bonds is 2. The molecule has 0 aliphatic carbocycles. The highest BCUT2D eigenvalue weighted by molar-refractivity contribution is 6.30. The van der Waals surface area contributed by atoms with Crippen molar-refractivity contribution < 1.29 is 4.39 Å². The van der Waals surface area contributed by atoms with Gasteiger partial charge in [-0.1, -0.05) is 23.7 Å². The lowest BCUT2D eigenvalue weighted by atomic mass is 10.2. The van der Waals surface area contributed by atoms with Crippen LogP contribution in [-0.4, -0.2) is 4.57 Å². The average Bonchev–Trinajstić information content (AvgIpc) is 2.77. The normalized spacial score (nSPS) is 11.1. The van der Waals surface area contributed by atoms with Gasteiger partial charge in [0, 0.05) is 28.4 Å². The summed E-state index contributed by atoms with van der Waals surface area (Å²) in [5, 5.41) is 1.20. The number of nitrogens with two attached hydrogens (primary N) is 1. The second-order valence-electron chi connectivity index (χ2n) is 4.47. The molecule has 2 aromatic carbocycles. The summed E-state index contributed by atoms with van der Waals surface area (Å²) in [5.74, 6) is -0.360. The molecule has 0 fully saturated rings. The lowest BCUT2D eigenvalue weighted by molar-refractivity contribution is 0.602. The first kappa shape index (κ1) is 12.1. The molecule has 0 saturated heterocycles. The maximum atomic E-state index is 13.9. The fraction of sp³-hybridized carbons (Fsp3) is 0.0667. The molecule has 96 valence electrons. The summed E-state index contributed by atoms with van der Waals surface area (Å²) in [7, 11) is 0. The van der Waals surface area contributed by atoms with E-state index in [0.29, 0.717) is 12.1 Å². The number of hydrogen-bond donors (Lipinski definition) is 1. The summed E-state index contributed by atoms with van der Waals surface area (Å²) in [5.41, 5.74) is 8.06. The summed E-state index contributed by atoms with van der Waals surface area (Å²) in [6.07, 6.45) is 1.92. The molecular weight excluding hydrogens is 263 g/mol. The number of nitrogens with zero attached hydrogens (tertiary/aromatic N) is 1. The second-order valence-corrected chi connectivity index (χ2v) is 4.88. The van der Waals surface area contributed by atoms with Crippen molar-refractivity contribution in [1.29, 1.82) is 0 Å². The van der Waals surface area contributed by atoms with E-state index in [1.807, 2.05) is 35.0 Å². The Labute approximate surface area is 115 Å². The zero-order valence-electron chi connectivity index (χ0n) is 10.1. The van der Waals surface area contributed by atoms with E-state index in [0.717, 1.165) is 16.6 Å². The van der Waals surface area contributed by atoms with Gasteiger partial charge in [-0.3, -0.25) is 0 Å². The Morgan fingerprint density at radius 2 is 2.00 bits per heavy atom. The topological polar surface area (TPSA) is 30.9 Å². The molecule has 2 N–H and O–H groups in total. The highest BCUT2D eigenvalue weighted by atomic mass is 35.5. The predicted molar refractivity (Wildman–Crippen MR) is 76.9 cm³/mol. The zero-order valence-corrected chi connectivity index (χ0v) is 10.9. The van der Waals surface area contributed by atoms with E-state index in [4.69, 9.17) is 17.3 Å². The summed E-state index contributed by atoms with van der Waals surface area (Å²) in [4.78, 5) is 0. The smallest absolute Gasteiger partial charge is 0.146 e. The van der Waals surface area contributed by atoms with Crippen molar-refractivity contribution in [2.45, 2.75) is 6.54 Å². The van der Waals surface area contributed by atoms with Crippen molar-refractivity contribution in [3.8, 4) is 0 Å². The van der Waals surface area contributed by atoms with Crippen molar-refractivity contribution in [3.63, 3.8) is 0 Å². The number of fused-ring (bicyclic) bond motifs is 1. The first-order chi connectivity index (χ1) is 9.15. The van der Waals surface area contributed by atoms with E-state index >= 15 is 0 Å². The number of aromatic nitrogens is 1. The van der Waals surface area contributed by atoms with Gasteiger partial charge in [-0.15, -0.1) is 0 Å². The van der Waals surface area contributed by atoms with Crippen molar-refractivity contribution in [2.24, 2.45) is 0 Å². The Hall–Kier alpha value is -2.00. The number of halogens is 2. The van der Waals surface area contributed by atoms with Gasteiger partial charge < -0.3 is 10.3 Å². The Balaban J connectivity index is 2.04. The molecule has 0 unspecified atom stereocenters. The van der Waals surface area contributed by atoms with Gasteiger partial charge in [0.1, 0.15) is 5.82 Å². The first-order valence-electron chi connectivity index (χ1n) is 5.92. The van der Waals surface area contributed by atoms with E-state index in [1.54, 1.807) is 18.2 Å². The van der Waals surface area contributed by atoms with Crippen LogP contribution in [0.1, 0.15) is 5.56 Å². The molecule has 2 nitrogen and oxygen atoms in total. The van der Waals surface area contributed by atoms with Crippen LogP contribution in [0.5, 0.6) is 0 Å². The van der Waals surface area contributed by atoms with Crippen LogP contribution in [0.15, 0.2) is 48.7 Å². The molecular formula is C15H12ClFN2. The molecule has 0 aliphatic rings. The van der Waals surface area contributed by atoms with Crippen LogP contribution in [0, 0.1) is 5.82 Å². The molecule has 0 spiro atoms. The third-order valence-electron chi connectivity index (χ3n) is 3.17. The number of nitrogen functional groups attached to an aromatic ring is 1. The van der Waals surface area contributed by atoms with Gasteiger partial charge in [-0.2, -0.15) is 0 Å². The van der Waals surface area contributed by atoms with Gasteiger partial charge in [0.05, 0.1) is 11.6 Å². The predicted octanol–water partition coefficient (Wildman–Crippen LogP) is 4.06. The van der Waals surface area contributed by atoms with Crippen LogP contribution in [0.4, 0.5) is 10.1 Å². The lowest BCUT2D eigenvalue weighted by Gasteiger charge is -2.08. The highest BCUT2D eigenvalue weighted by Gasteiger charge is 2.08. The number of benzene rings is 2. The van der Waals surface area contributed by atoms with Crippen molar-refractivity contribution >= 4 is 28.2 Å². The molecule has 1 aromatic heterocycles. The van der Waals surface area contributed by atoms with Crippen molar-refractivity contribution in [3.05, 3.63) is 65.1 Å². The molecule has 0 amide bonds. The van der Waals surface area contributed by atoms with E-state index < -0.39 is 0 Å². The van der Waals surface area contributed by atoms with Gasteiger partial charge in [-0.25, -0.2) is 4.39 Å². The number of anilines is 1. The van der Waals surface area contributed by atoms with Gasteiger partial charge in [0.2, 0.25) is 0 Å². The second kappa shape index (κ2) is 4.59. The molecule has 0 atom stereocenters. The fourth-order valence-corrected chi connectivity index (χ4v) is 2.40. The molecule has 0 radical (unpaired) electrons. The Kier molecular flexibility index (Phi) is 2.91. The Morgan fingerprint density at radius 1 is 1.16 bits per heavy atom. The summed E-state index contributed by atoms with van der Waals surface area (Å²) in [6.45, 7) is 0.444. The largest absolute Gasteiger partial charge is 0.399 e. The van der Waals surface area contributed by atoms with Crippen molar-refractivity contribution in [2.75, 3.05) is 5.73 Å². The van der Waals surface area contributed by atoms with Crippen LogP contribution in [0.2, 0.25) is 5.02 Å². The summed E-state index contributed by atoms with van der Waals surface area (Å²) in [6, 6.07) is 12.7. The van der Waals surface area contributed by atoms with Crippen LogP contribution >= 0.6 is 11.6 Å². The lowest BCUT2D eigenvalue weighted by Crippen LogP contribution is -2.00. The number of hydrogen-bond acceptors (Lipinski definition) is 1. The minimum Gasteiger partial charge on any atom is -0.399 e. The molecule has 0 aliphatic heterocycles. The highest BCUT2D eigenvalue weighted by Crippen LogP contribution is 2.23. The van der Waals surface area contributed by atoms with Crippen LogP contribution < -0.4 is 5.73 Å². The third kappa shape index (κ3) is 2.17. The maximum Gasteiger partial charge on any atom is 0.146 e. The minimum absolute atomic E-state index is 0.151. The van der Waals surface area contributed by atoms with Crippen LogP contribution in [0.3, 0.4) is 0 Å². The first-order valence-corrected chi connectivity index (χ1v) is 6.30. The zero-order chi connectivity index (χ0) is 13.4. The van der Waals surface area contributed by atoms with E-state index in [-0.39, 0.29) is 10.8 Å². The third-order valence-corrected chi connectivity index (χ3v) is 3.46. The quantitative estimate of drug-likeness (QED) is 0.702. The molecule has 4 heteroatoms. The SMILES string of the molecule is Nc1ccc2c(ccn2Cc2cccc(Cl)c2F)c1. The summed E-state index contributed by atoms with van der Waals surface area (Å²) >= 11 is 5.79. The van der Waals surface area contributed by atoms with Gasteiger partial charge in [0.25, 0.3) is 0 Å². The standard InChI is InChI=1S/C15H12ClFN2/c16-13-3-1-2-11(15(13)17)9-19-7-6-10-8-12(18)4-5-14(10)19/h1-8H,9,18H2. The van der Waals surface area contributed by atoms with Crippen LogP contribution in [0.25, 0.3) is 10.9 Å². The average molecular weight is 275 g/mol.